The van der Waals surface area contributed by atoms with Gasteiger partial charge in [-0.25, -0.2) is 0 Å². The number of ether oxygens (including phenoxy) is 2. The smallest absolute Gasteiger partial charge is 0.0780 e. The molecule has 4 nitrogen and oxygen atoms in total. The molecule has 0 aromatic heterocycles. The van der Waals surface area contributed by atoms with E-state index >= 15 is 0 Å². The van der Waals surface area contributed by atoms with Crippen LogP contribution in [-0.2, 0) is 9.47 Å². The van der Waals surface area contributed by atoms with Crippen LogP contribution >= 0.6 is 0 Å². The van der Waals surface area contributed by atoms with E-state index in [9.17, 15) is 0 Å². The SMILES string of the molecule is CC(N)CCCOC(C)COCC(C)N. The summed E-state index contributed by atoms with van der Waals surface area (Å²) in [6, 6.07) is 0.355. The predicted octanol–water partition coefficient (Wildman–Crippen LogP) is 0.883. The van der Waals surface area contributed by atoms with Gasteiger partial charge in [-0.05, 0) is 33.6 Å². The maximum Gasteiger partial charge on any atom is 0.0780 e. The van der Waals surface area contributed by atoms with Crippen LogP contribution in [0.15, 0.2) is 0 Å². The Morgan fingerprint density at radius 2 is 1.67 bits per heavy atom. The van der Waals surface area contributed by atoms with Gasteiger partial charge in [0.1, 0.15) is 0 Å². The molecule has 0 saturated heterocycles. The number of rotatable bonds is 9. The normalized spacial score (nSPS) is 17.4. The molecule has 3 atom stereocenters. The van der Waals surface area contributed by atoms with Crippen LogP contribution in [0.2, 0.25) is 0 Å². The van der Waals surface area contributed by atoms with Crippen molar-refractivity contribution in [1.29, 1.82) is 0 Å². The van der Waals surface area contributed by atoms with Gasteiger partial charge in [-0.2, -0.15) is 0 Å². The molecule has 15 heavy (non-hydrogen) atoms. The summed E-state index contributed by atoms with van der Waals surface area (Å²) >= 11 is 0. The van der Waals surface area contributed by atoms with E-state index in [1.54, 1.807) is 0 Å². The van der Waals surface area contributed by atoms with E-state index in [1.807, 2.05) is 20.8 Å². The quantitative estimate of drug-likeness (QED) is 0.564. The van der Waals surface area contributed by atoms with Gasteiger partial charge in [-0.1, -0.05) is 0 Å². The van der Waals surface area contributed by atoms with E-state index in [4.69, 9.17) is 20.9 Å². The maximum atomic E-state index is 5.63. The van der Waals surface area contributed by atoms with Crippen molar-refractivity contribution in [1.82, 2.24) is 0 Å². The van der Waals surface area contributed by atoms with Gasteiger partial charge >= 0.3 is 0 Å². The molecule has 0 amide bonds. The fraction of sp³-hybridized carbons (Fsp3) is 1.00. The lowest BCUT2D eigenvalue weighted by molar-refractivity contribution is -0.0102. The summed E-state index contributed by atoms with van der Waals surface area (Å²) in [7, 11) is 0. The van der Waals surface area contributed by atoms with E-state index in [0.717, 1.165) is 19.4 Å². The number of hydrogen-bond donors (Lipinski definition) is 2. The molecule has 0 rings (SSSR count). The molecule has 4 heteroatoms. The highest BCUT2D eigenvalue weighted by atomic mass is 16.5. The van der Waals surface area contributed by atoms with Crippen molar-refractivity contribution in [2.24, 2.45) is 11.5 Å². The molecule has 3 unspecified atom stereocenters. The minimum Gasteiger partial charge on any atom is -0.377 e. The van der Waals surface area contributed by atoms with Crippen LogP contribution < -0.4 is 11.5 Å². The highest BCUT2D eigenvalue weighted by Crippen LogP contribution is 1.98. The first kappa shape index (κ1) is 14.8. The molecule has 0 aromatic carbocycles. The first-order chi connectivity index (χ1) is 7.02. The van der Waals surface area contributed by atoms with Crippen molar-refractivity contribution in [3.05, 3.63) is 0 Å². The molecule has 0 heterocycles. The summed E-state index contributed by atoms with van der Waals surface area (Å²) < 4.78 is 10.9. The van der Waals surface area contributed by atoms with Gasteiger partial charge < -0.3 is 20.9 Å². The highest BCUT2D eigenvalue weighted by Gasteiger charge is 2.03. The summed E-state index contributed by atoms with van der Waals surface area (Å²) in [6.07, 6.45) is 2.15. The van der Waals surface area contributed by atoms with Crippen molar-refractivity contribution in [3.63, 3.8) is 0 Å². The zero-order chi connectivity index (χ0) is 11.7. The third kappa shape index (κ3) is 11.8. The zero-order valence-corrected chi connectivity index (χ0v) is 10.2. The summed E-state index contributed by atoms with van der Waals surface area (Å²) in [5.74, 6) is 0. The molecule has 0 fully saturated rings. The molecule has 0 aliphatic heterocycles. The standard InChI is InChI=1S/C11H26N2O2/c1-9(12)5-4-6-15-11(3)8-14-7-10(2)13/h9-11H,4-8,12-13H2,1-3H3. The lowest BCUT2D eigenvalue weighted by Gasteiger charge is -2.14. The minimum absolute atomic E-state index is 0.0929. The summed E-state index contributed by atoms with van der Waals surface area (Å²) in [6.45, 7) is 7.90. The molecule has 92 valence electrons. The van der Waals surface area contributed by atoms with Crippen molar-refractivity contribution in [2.45, 2.75) is 51.8 Å². The molecular formula is C11H26N2O2. The van der Waals surface area contributed by atoms with Gasteiger partial charge in [-0.3, -0.25) is 0 Å². The monoisotopic (exact) mass is 218 g/mol. The second kappa shape index (κ2) is 9.09. The molecule has 0 aliphatic carbocycles. The lowest BCUT2D eigenvalue weighted by atomic mass is 10.2. The van der Waals surface area contributed by atoms with Crippen LogP contribution in [0.1, 0.15) is 33.6 Å². The van der Waals surface area contributed by atoms with Crippen LogP contribution in [0.5, 0.6) is 0 Å². The van der Waals surface area contributed by atoms with Crippen molar-refractivity contribution >= 4 is 0 Å². The van der Waals surface area contributed by atoms with Crippen LogP contribution in [0.4, 0.5) is 0 Å². The largest absolute Gasteiger partial charge is 0.377 e. The van der Waals surface area contributed by atoms with Crippen LogP contribution in [0.3, 0.4) is 0 Å². The van der Waals surface area contributed by atoms with Gasteiger partial charge in [0.2, 0.25) is 0 Å². The highest BCUT2D eigenvalue weighted by molar-refractivity contribution is 4.55. The Morgan fingerprint density at radius 3 is 2.20 bits per heavy atom. The molecule has 0 saturated carbocycles. The van der Waals surface area contributed by atoms with Crippen LogP contribution in [-0.4, -0.2) is 38.0 Å². The summed E-state index contributed by atoms with van der Waals surface area (Å²) in [5.41, 5.74) is 11.2. The molecule has 4 N–H and O–H groups in total. The van der Waals surface area contributed by atoms with E-state index in [0.29, 0.717) is 13.2 Å². The van der Waals surface area contributed by atoms with Gasteiger partial charge in [0.05, 0.1) is 19.3 Å². The predicted molar refractivity (Wildman–Crippen MR) is 62.8 cm³/mol. The Balaban J connectivity index is 3.22. The zero-order valence-electron chi connectivity index (χ0n) is 10.2. The van der Waals surface area contributed by atoms with Crippen molar-refractivity contribution in [3.8, 4) is 0 Å². The molecule has 0 radical (unpaired) electrons. The number of hydrogen-bond acceptors (Lipinski definition) is 4. The minimum atomic E-state index is 0.0929. The third-order valence-corrected chi connectivity index (χ3v) is 1.94. The average molecular weight is 218 g/mol. The van der Waals surface area contributed by atoms with E-state index in [-0.39, 0.29) is 18.2 Å². The Morgan fingerprint density at radius 1 is 1.00 bits per heavy atom. The van der Waals surface area contributed by atoms with E-state index in [1.165, 1.54) is 0 Å². The van der Waals surface area contributed by atoms with Crippen LogP contribution in [0, 0.1) is 0 Å². The second-order valence-electron chi connectivity index (χ2n) is 4.32. The molecule has 0 bridgehead atoms. The Labute approximate surface area is 93.3 Å². The van der Waals surface area contributed by atoms with Crippen LogP contribution in [0.25, 0.3) is 0 Å². The van der Waals surface area contributed by atoms with Crippen molar-refractivity contribution in [2.75, 3.05) is 19.8 Å². The van der Waals surface area contributed by atoms with Gasteiger partial charge in [0.15, 0.2) is 0 Å². The fourth-order valence-corrected chi connectivity index (χ4v) is 1.16. The Hall–Kier alpha value is -0.160. The van der Waals surface area contributed by atoms with E-state index in [2.05, 4.69) is 0 Å². The summed E-state index contributed by atoms with van der Waals surface area (Å²) in [5, 5.41) is 0. The Kier molecular flexibility index (Phi) is 9.00. The molecule has 0 spiro atoms. The number of nitrogens with two attached hydrogens (primary N) is 2. The third-order valence-electron chi connectivity index (χ3n) is 1.94. The van der Waals surface area contributed by atoms with Gasteiger partial charge in [-0.15, -0.1) is 0 Å². The molecular weight excluding hydrogens is 192 g/mol. The second-order valence-corrected chi connectivity index (χ2v) is 4.32. The fourth-order valence-electron chi connectivity index (χ4n) is 1.16. The first-order valence-electron chi connectivity index (χ1n) is 5.73. The van der Waals surface area contributed by atoms with Gasteiger partial charge in [0.25, 0.3) is 0 Å². The maximum absolute atomic E-state index is 5.63. The lowest BCUT2D eigenvalue weighted by Crippen LogP contribution is -2.25. The average Bonchev–Trinajstić information content (AvgIpc) is 2.11. The van der Waals surface area contributed by atoms with Gasteiger partial charge in [0, 0.05) is 18.7 Å². The topological polar surface area (TPSA) is 70.5 Å². The van der Waals surface area contributed by atoms with E-state index < -0.39 is 0 Å². The Bertz CT molecular complexity index is 141. The molecule has 0 aromatic rings. The first-order valence-corrected chi connectivity index (χ1v) is 5.73. The molecule has 0 aliphatic rings. The van der Waals surface area contributed by atoms with Crippen molar-refractivity contribution < 1.29 is 9.47 Å². The summed E-state index contributed by atoms with van der Waals surface area (Å²) in [4.78, 5) is 0.